The maximum atomic E-state index is 8.76. The zero-order chi connectivity index (χ0) is 57.4. The summed E-state index contributed by atoms with van der Waals surface area (Å²) in [6.07, 6.45) is -2.85. The van der Waals surface area contributed by atoms with Crippen LogP contribution in [0.25, 0.3) is 83.5 Å². The van der Waals surface area contributed by atoms with E-state index < -0.39 is 24.4 Å². The van der Waals surface area contributed by atoms with Crippen LogP contribution in [-0.2, 0) is 76.2 Å². The fourth-order valence-electron chi connectivity index (χ4n) is 6.04. The molecule has 0 aromatic carbocycles. The van der Waals surface area contributed by atoms with Gasteiger partial charge in [0.1, 0.15) is 47.5 Å². The van der Waals surface area contributed by atoms with Crippen molar-refractivity contribution in [2.24, 2.45) is 41.6 Å². The van der Waals surface area contributed by atoms with Gasteiger partial charge in [0.2, 0.25) is 0 Å². The Labute approximate surface area is 452 Å². The smallest absolute Gasteiger partial charge is 0.120 e. The number of azide groups is 8. The van der Waals surface area contributed by atoms with Crippen LogP contribution in [0.4, 0.5) is 0 Å². The highest BCUT2D eigenvalue weighted by Crippen LogP contribution is 2.11. The van der Waals surface area contributed by atoms with E-state index in [0.717, 1.165) is 0 Å². The Morgan fingerprint density at radius 2 is 0.494 bits per heavy atom. The van der Waals surface area contributed by atoms with Crippen molar-refractivity contribution in [2.45, 2.75) is 24.4 Å². The fraction of sp³-hybridized carbons (Fsp3) is 1.00. The van der Waals surface area contributed by atoms with Crippen molar-refractivity contribution in [2.75, 3.05) is 218 Å². The number of hydrogen-bond donors (Lipinski definition) is 0. The molecule has 0 aromatic heterocycles. The molecule has 0 bridgehead atoms. The van der Waals surface area contributed by atoms with Crippen LogP contribution in [0.15, 0.2) is 41.6 Å². The summed E-state index contributed by atoms with van der Waals surface area (Å²) in [6, 6.07) is 0. The summed E-state index contributed by atoms with van der Waals surface area (Å²) in [7, 11) is 0. The SMILES string of the molecule is [N-]=[N+]=NCCOCCOCC(CN(CC(COCCOCCN=[N+]=[N-])OCCOCCN=[N+]=[N-])CN(CC(COCCON=[N+]=[N-])OCCON=[N+]=[N-])CC(COCCON=[N+]=[N-])OCCON=[N+]=[N-])OCCOCCN=[N+]=[N-]. The molecule has 0 aliphatic heterocycles. The van der Waals surface area contributed by atoms with Gasteiger partial charge in [0, 0.05) is 91.7 Å². The van der Waals surface area contributed by atoms with E-state index in [0.29, 0.717) is 0 Å². The second kappa shape index (κ2) is 60.4. The lowest BCUT2D eigenvalue weighted by Crippen LogP contribution is -2.52. The monoisotopic (exact) mass is 1130 g/mol. The van der Waals surface area contributed by atoms with Crippen LogP contribution in [0.5, 0.6) is 0 Å². The van der Waals surface area contributed by atoms with Gasteiger partial charge in [-0.15, -0.1) is 0 Å². The average Bonchev–Trinajstić information content (AvgIpc) is 3.45. The summed E-state index contributed by atoms with van der Waals surface area (Å²) in [5.74, 6) is 0. The van der Waals surface area contributed by atoms with E-state index in [2.05, 4.69) is 80.9 Å². The minimum Gasteiger partial charge on any atom is -0.431 e. The lowest BCUT2D eigenvalue weighted by molar-refractivity contribution is -0.101. The van der Waals surface area contributed by atoms with E-state index in [-0.39, 0.29) is 218 Å². The first-order chi connectivity index (χ1) is 39.0. The fourth-order valence-corrected chi connectivity index (χ4v) is 6.04. The van der Waals surface area contributed by atoms with Crippen molar-refractivity contribution in [1.82, 2.24) is 9.80 Å². The van der Waals surface area contributed by atoms with Crippen molar-refractivity contribution in [1.29, 1.82) is 0 Å². The molecule has 0 aliphatic carbocycles. The van der Waals surface area contributed by atoms with E-state index in [1.54, 1.807) is 0 Å². The number of hydrogen-bond acceptors (Lipinski definition) is 26. The van der Waals surface area contributed by atoms with E-state index in [4.69, 9.17) is 120 Å². The predicted octanol–water partition coefficient (Wildman–Crippen LogP) is 5.43. The minimum atomic E-state index is -0.753. The molecule has 0 radical (unpaired) electrons. The second-order valence-electron chi connectivity index (χ2n) is 14.8. The first-order valence-electron chi connectivity index (χ1n) is 24.2. The van der Waals surface area contributed by atoms with Crippen LogP contribution in [0.1, 0.15) is 0 Å². The molecule has 79 heavy (non-hydrogen) atoms. The molecule has 0 aliphatic rings. The van der Waals surface area contributed by atoms with E-state index >= 15 is 0 Å². The van der Waals surface area contributed by atoms with Gasteiger partial charge in [0.25, 0.3) is 0 Å². The molecule has 0 spiro atoms. The third kappa shape index (κ3) is 51.6. The summed E-state index contributed by atoms with van der Waals surface area (Å²) >= 11 is 0. The number of rotatable bonds is 62. The first kappa shape index (κ1) is 72.1. The molecule has 0 rings (SSSR count). The van der Waals surface area contributed by atoms with Gasteiger partial charge in [0.05, 0.1) is 163 Å². The summed E-state index contributed by atoms with van der Waals surface area (Å²) in [5.41, 5.74) is 69.4. The van der Waals surface area contributed by atoms with Crippen molar-refractivity contribution in [3.8, 4) is 0 Å². The molecule has 4 atom stereocenters. The molecule has 0 fully saturated rings. The Hall–Kier alpha value is -6.88. The number of ether oxygens (including phenoxy) is 12. The van der Waals surface area contributed by atoms with E-state index in [9.17, 15) is 0 Å². The zero-order valence-corrected chi connectivity index (χ0v) is 43.8. The van der Waals surface area contributed by atoms with E-state index in [1.807, 2.05) is 9.80 Å². The third-order valence-corrected chi connectivity index (χ3v) is 9.04. The Balaban J connectivity index is 7.44. The molecule has 0 heterocycles. The van der Waals surface area contributed by atoms with Crippen LogP contribution in [-0.4, -0.2) is 252 Å². The zero-order valence-electron chi connectivity index (χ0n) is 43.8. The lowest BCUT2D eigenvalue weighted by Gasteiger charge is -2.37. The van der Waals surface area contributed by atoms with Crippen LogP contribution in [0, 0.1) is 0 Å². The second-order valence-corrected chi connectivity index (χ2v) is 14.8. The Kier molecular flexibility index (Phi) is 55.1. The van der Waals surface area contributed by atoms with Gasteiger partial charge in [0.15, 0.2) is 0 Å². The average molecular weight is 1140 g/mol. The minimum absolute atomic E-state index is 0.0108. The quantitative estimate of drug-likeness (QED) is 0.0183. The molecular formula is C37H70N26O16. The highest BCUT2D eigenvalue weighted by Gasteiger charge is 2.27. The van der Waals surface area contributed by atoms with Crippen molar-refractivity contribution >= 4 is 0 Å². The standard InChI is InChI=1S/C37H70N26O16/c38-50-46-1-5-64-9-11-68-29-34(72-17-13-66-7-3-48-52-40)25-62(26-35(73-18-14-67-8-4-49-53-41)30-69-12-10-65-6-2-47-51-39)33-63(27-36(74-19-23-78-60-56-44)31-70-15-21-76-58-54-42)28-37(75-20-24-79-61-57-45)32-71-16-22-77-59-55-43/h34-37H,1-33H2. The molecule has 0 N–H and O–H groups in total. The van der Waals surface area contributed by atoms with Crippen molar-refractivity contribution in [3.05, 3.63) is 83.5 Å². The summed E-state index contributed by atoms with van der Waals surface area (Å²) in [4.78, 5) is 44.7. The Morgan fingerprint density at radius 3 is 0.759 bits per heavy atom. The molecule has 0 saturated heterocycles. The molecule has 444 valence electrons. The number of nitrogens with zero attached hydrogens (tertiary/aromatic N) is 26. The molecule has 42 heteroatoms. The molecule has 4 unspecified atom stereocenters. The summed E-state index contributed by atoms with van der Waals surface area (Å²) in [6.45, 7) is 2.13. The highest BCUT2D eigenvalue weighted by atomic mass is 16.7. The largest absolute Gasteiger partial charge is 0.431 e. The maximum Gasteiger partial charge on any atom is 0.120 e. The van der Waals surface area contributed by atoms with Crippen LogP contribution in [0.2, 0.25) is 0 Å². The summed E-state index contributed by atoms with van der Waals surface area (Å²) in [5, 5.41) is 26.2. The molecule has 42 nitrogen and oxygen atoms in total. The third-order valence-electron chi connectivity index (χ3n) is 9.04. The Bertz CT molecular complexity index is 1750. The van der Waals surface area contributed by atoms with Gasteiger partial charge >= 0.3 is 0 Å². The van der Waals surface area contributed by atoms with Gasteiger partial charge in [-0.2, -0.15) is 0 Å². The Morgan fingerprint density at radius 1 is 0.266 bits per heavy atom. The van der Waals surface area contributed by atoms with Gasteiger partial charge in [-0.3, -0.25) is 9.80 Å². The summed E-state index contributed by atoms with van der Waals surface area (Å²) < 4.78 is 71.2. The van der Waals surface area contributed by atoms with Crippen LogP contribution in [0.3, 0.4) is 0 Å². The first-order valence-corrected chi connectivity index (χ1v) is 24.2. The predicted molar refractivity (Wildman–Crippen MR) is 270 cm³/mol. The normalized spacial score (nSPS) is 12.1. The molecular weight excluding hydrogens is 1060 g/mol. The van der Waals surface area contributed by atoms with Gasteiger partial charge in [-0.1, -0.05) is 20.5 Å². The van der Waals surface area contributed by atoms with Crippen molar-refractivity contribution in [3.63, 3.8) is 0 Å². The van der Waals surface area contributed by atoms with E-state index in [1.165, 1.54) is 0 Å². The molecule has 0 saturated carbocycles. The maximum absolute atomic E-state index is 8.76. The molecule has 0 aromatic rings. The van der Waals surface area contributed by atoms with Crippen LogP contribution < -0.4 is 0 Å². The van der Waals surface area contributed by atoms with Gasteiger partial charge in [-0.05, 0) is 44.2 Å². The highest BCUT2D eigenvalue weighted by molar-refractivity contribution is 4.77. The molecule has 0 amide bonds. The van der Waals surface area contributed by atoms with Crippen molar-refractivity contribution < 1.29 is 76.2 Å². The van der Waals surface area contributed by atoms with Gasteiger partial charge in [-0.25, -0.2) is 0 Å². The van der Waals surface area contributed by atoms with Crippen LogP contribution >= 0.6 is 0 Å². The van der Waals surface area contributed by atoms with Gasteiger partial charge < -0.3 is 76.2 Å². The lowest BCUT2D eigenvalue weighted by atomic mass is 10.2. The topological polar surface area (TPSA) is 544 Å².